The van der Waals surface area contributed by atoms with Crippen molar-refractivity contribution in [1.29, 1.82) is 0 Å². The summed E-state index contributed by atoms with van der Waals surface area (Å²) in [5.74, 6) is 1.54. The quantitative estimate of drug-likeness (QED) is 0.229. The molecule has 39 heavy (non-hydrogen) atoms. The average molecular weight is 553 g/mol. The van der Waals surface area contributed by atoms with E-state index in [2.05, 4.69) is 27.7 Å². The van der Waals surface area contributed by atoms with Gasteiger partial charge in [-0.25, -0.2) is 0 Å². The minimum absolute atomic E-state index is 0.00654. The van der Waals surface area contributed by atoms with E-state index in [1.165, 1.54) is 28.4 Å². The van der Waals surface area contributed by atoms with Gasteiger partial charge in [0.15, 0.2) is 0 Å². The SMILES string of the molecule is COc1cccc(OC)c1C(=O)[PH](CC(C)CC(C)(C)C)(C(=O)c1c(OC)cccc1OC)c1ccccc1. The first-order chi connectivity index (χ1) is 18.5. The van der Waals surface area contributed by atoms with Crippen LogP contribution in [0.5, 0.6) is 23.0 Å². The molecule has 7 heteroatoms. The van der Waals surface area contributed by atoms with Crippen molar-refractivity contribution in [3.05, 3.63) is 77.9 Å². The summed E-state index contributed by atoms with van der Waals surface area (Å²) in [5, 5.41) is 0.724. The molecule has 1 unspecified atom stereocenters. The minimum atomic E-state index is -3.81. The Bertz CT molecular complexity index is 1180. The van der Waals surface area contributed by atoms with Crippen molar-refractivity contribution < 1.29 is 28.5 Å². The summed E-state index contributed by atoms with van der Waals surface area (Å²) in [4.78, 5) is 30.3. The van der Waals surface area contributed by atoms with Crippen LogP contribution in [0.4, 0.5) is 0 Å². The summed E-state index contributed by atoms with van der Waals surface area (Å²) in [6.45, 7) is 8.64. The van der Waals surface area contributed by atoms with Crippen LogP contribution in [0, 0.1) is 11.3 Å². The molecule has 3 aromatic carbocycles. The maximum absolute atomic E-state index is 15.1. The Hall–Kier alpha value is -3.37. The van der Waals surface area contributed by atoms with Crippen LogP contribution in [0.25, 0.3) is 0 Å². The molecule has 0 saturated carbocycles. The van der Waals surface area contributed by atoms with E-state index >= 15 is 9.59 Å². The number of carbonyl (C=O) groups is 2. The molecule has 0 aliphatic heterocycles. The van der Waals surface area contributed by atoms with Gasteiger partial charge in [0.05, 0.1) is 0 Å². The van der Waals surface area contributed by atoms with Crippen LogP contribution in [0.3, 0.4) is 0 Å². The monoisotopic (exact) mass is 552 g/mol. The van der Waals surface area contributed by atoms with Crippen molar-refractivity contribution in [3.8, 4) is 23.0 Å². The molecule has 0 radical (unpaired) electrons. The first-order valence-electron chi connectivity index (χ1n) is 13.1. The van der Waals surface area contributed by atoms with Gasteiger partial charge in [-0.3, -0.25) is 0 Å². The Morgan fingerprint density at radius 1 is 0.667 bits per heavy atom. The average Bonchev–Trinajstić information content (AvgIpc) is 2.93. The summed E-state index contributed by atoms with van der Waals surface area (Å²) in [6, 6.07) is 19.9. The van der Waals surface area contributed by atoms with E-state index in [0.29, 0.717) is 29.2 Å². The van der Waals surface area contributed by atoms with Crippen LogP contribution in [-0.2, 0) is 0 Å². The van der Waals surface area contributed by atoms with Crippen molar-refractivity contribution in [2.45, 2.75) is 34.1 Å². The fourth-order valence-electron chi connectivity index (χ4n) is 5.61. The predicted octanol–water partition coefficient (Wildman–Crippen LogP) is 6.85. The molecule has 0 spiro atoms. The summed E-state index contributed by atoms with van der Waals surface area (Å²) in [6.07, 6.45) is 1.23. The zero-order valence-electron chi connectivity index (χ0n) is 24.3. The number of carbonyl (C=O) groups excluding carboxylic acids is 2. The van der Waals surface area contributed by atoms with Crippen molar-refractivity contribution in [2.24, 2.45) is 11.3 Å². The third kappa shape index (κ3) is 6.28. The van der Waals surface area contributed by atoms with Gasteiger partial charge in [0, 0.05) is 0 Å². The standard InChI is InChI=1S/C32H41O6P/c1-22(20-32(2,3)4)21-39(23-14-10-9-11-15-23,30(33)28-24(35-5)16-12-17-25(28)36-6)31(34)29-26(37-7)18-13-19-27(29)38-8/h9-19,22,39H,20-21H2,1-8H3. The number of hydrogen-bond acceptors (Lipinski definition) is 6. The Morgan fingerprint density at radius 3 is 1.38 bits per heavy atom. The van der Waals surface area contributed by atoms with Gasteiger partial charge in [0.25, 0.3) is 0 Å². The molecular formula is C32H41O6P. The number of methoxy groups -OCH3 is 4. The predicted molar refractivity (Wildman–Crippen MR) is 160 cm³/mol. The van der Waals surface area contributed by atoms with Crippen molar-refractivity contribution in [3.63, 3.8) is 0 Å². The van der Waals surface area contributed by atoms with E-state index in [9.17, 15) is 0 Å². The number of hydrogen-bond donors (Lipinski definition) is 0. The first-order valence-corrected chi connectivity index (χ1v) is 15.3. The second-order valence-electron chi connectivity index (χ2n) is 11.1. The zero-order chi connectivity index (χ0) is 28.8. The van der Waals surface area contributed by atoms with Gasteiger partial charge in [0.2, 0.25) is 0 Å². The molecule has 210 valence electrons. The van der Waals surface area contributed by atoms with E-state index in [4.69, 9.17) is 18.9 Å². The third-order valence-electron chi connectivity index (χ3n) is 6.97. The summed E-state index contributed by atoms with van der Waals surface area (Å²) >= 11 is 0. The number of ether oxygens (including phenoxy) is 4. The molecule has 0 fully saturated rings. The van der Waals surface area contributed by atoms with Crippen molar-refractivity contribution in [2.75, 3.05) is 34.6 Å². The molecule has 0 bridgehead atoms. The summed E-state index contributed by atoms with van der Waals surface area (Å²) in [5.41, 5.74) is 0.0434. The molecule has 0 aliphatic rings. The molecule has 3 aromatic rings. The molecule has 0 amide bonds. The van der Waals surface area contributed by atoms with Gasteiger partial charge < -0.3 is 0 Å². The molecular weight excluding hydrogens is 511 g/mol. The third-order valence-corrected chi connectivity index (χ3v) is 11.6. The van der Waals surface area contributed by atoms with Gasteiger partial charge in [0.1, 0.15) is 0 Å². The Kier molecular flexibility index (Phi) is 9.79. The van der Waals surface area contributed by atoms with Crippen LogP contribution >= 0.6 is 7.26 Å². The summed E-state index contributed by atoms with van der Waals surface area (Å²) in [7, 11) is 2.26. The second kappa shape index (κ2) is 12.7. The van der Waals surface area contributed by atoms with Crippen molar-refractivity contribution >= 4 is 23.6 Å². The first kappa shape index (κ1) is 30.2. The Labute approximate surface area is 233 Å². The normalized spacial score (nSPS) is 12.8. The Balaban J connectivity index is 2.45. The fourth-order valence-corrected chi connectivity index (χ4v) is 10.2. The maximum atomic E-state index is 15.1. The second-order valence-corrected chi connectivity index (χ2v) is 14.8. The molecule has 0 aliphatic carbocycles. The van der Waals surface area contributed by atoms with Crippen molar-refractivity contribution in [1.82, 2.24) is 0 Å². The van der Waals surface area contributed by atoms with Crippen LogP contribution in [0.2, 0.25) is 0 Å². The van der Waals surface area contributed by atoms with Gasteiger partial charge in [-0.15, -0.1) is 0 Å². The van der Waals surface area contributed by atoms with E-state index < -0.39 is 7.26 Å². The van der Waals surface area contributed by atoms with Crippen LogP contribution in [0.1, 0.15) is 54.8 Å². The van der Waals surface area contributed by atoms with Gasteiger partial charge in [-0.05, 0) is 0 Å². The molecule has 1 atom stereocenters. The van der Waals surface area contributed by atoms with E-state index in [1.807, 2.05) is 30.3 Å². The molecule has 6 nitrogen and oxygen atoms in total. The fraction of sp³-hybridized carbons (Fsp3) is 0.375. The molecule has 0 heterocycles. The molecule has 3 rings (SSSR count). The zero-order valence-corrected chi connectivity index (χ0v) is 25.3. The van der Waals surface area contributed by atoms with E-state index in [0.717, 1.165) is 11.7 Å². The molecule has 0 aromatic heterocycles. The number of benzene rings is 3. The number of rotatable bonds is 12. The van der Waals surface area contributed by atoms with Crippen LogP contribution < -0.4 is 24.3 Å². The van der Waals surface area contributed by atoms with E-state index in [1.54, 1.807) is 36.4 Å². The summed E-state index contributed by atoms with van der Waals surface area (Å²) < 4.78 is 22.6. The van der Waals surface area contributed by atoms with E-state index in [-0.39, 0.29) is 33.5 Å². The van der Waals surface area contributed by atoms with Gasteiger partial charge in [-0.2, -0.15) is 0 Å². The van der Waals surface area contributed by atoms with Crippen LogP contribution in [0.15, 0.2) is 66.7 Å². The van der Waals surface area contributed by atoms with Gasteiger partial charge in [-0.1, -0.05) is 0 Å². The Morgan fingerprint density at radius 2 is 1.05 bits per heavy atom. The van der Waals surface area contributed by atoms with Crippen LogP contribution in [-0.4, -0.2) is 45.6 Å². The molecule has 0 N–H and O–H groups in total. The topological polar surface area (TPSA) is 71.1 Å². The van der Waals surface area contributed by atoms with Gasteiger partial charge >= 0.3 is 233 Å². The molecule has 0 saturated heterocycles.